The first kappa shape index (κ1) is 12.6. The van der Waals surface area contributed by atoms with Crippen LogP contribution in [-0.4, -0.2) is 24.5 Å². The number of nitrogens with two attached hydrogens (primary N) is 1. The molecule has 0 bridgehead atoms. The van der Waals surface area contributed by atoms with Crippen molar-refractivity contribution in [3.63, 3.8) is 0 Å². The molecule has 2 heteroatoms. The van der Waals surface area contributed by atoms with Crippen LogP contribution in [0.15, 0.2) is 24.3 Å². The van der Waals surface area contributed by atoms with Crippen LogP contribution in [-0.2, 0) is 0 Å². The summed E-state index contributed by atoms with van der Waals surface area (Å²) in [6.07, 6.45) is 5.40. The molecule has 1 aromatic carbocycles. The van der Waals surface area contributed by atoms with Gasteiger partial charge in [0, 0.05) is 12.6 Å². The van der Waals surface area contributed by atoms with E-state index in [2.05, 4.69) is 36.1 Å². The van der Waals surface area contributed by atoms with Crippen molar-refractivity contribution in [3.8, 4) is 0 Å². The Hall–Kier alpha value is -0.860. The summed E-state index contributed by atoms with van der Waals surface area (Å²) in [5.41, 5.74) is 8.80. The van der Waals surface area contributed by atoms with E-state index in [4.69, 9.17) is 5.73 Å². The fraction of sp³-hybridized carbons (Fsp3) is 0.600. The fourth-order valence-electron chi connectivity index (χ4n) is 2.84. The summed E-state index contributed by atoms with van der Waals surface area (Å²) in [5, 5.41) is 0. The van der Waals surface area contributed by atoms with Gasteiger partial charge in [0.2, 0.25) is 0 Å². The highest BCUT2D eigenvalue weighted by atomic mass is 15.2. The van der Waals surface area contributed by atoms with E-state index in [-0.39, 0.29) is 0 Å². The minimum absolute atomic E-state index is 0.411. The van der Waals surface area contributed by atoms with Crippen LogP contribution in [0.25, 0.3) is 0 Å². The molecule has 0 aromatic heterocycles. The summed E-state index contributed by atoms with van der Waals surface area (Å²) >= 11 is 0. The minimum atomic E-state index is 0.411. The van der Waals surface area contributed by atoms with Gasteiger partial charge >= 0.3 is 0 Å². The lowest BCUT2D eigenvalue weighted by Crippen LogP contribution is -2.34. The fourth-order valence-corrected chi connectivity index (χ4v) is 2.84. The Bertz CT molecular complexity index is 341. The molecule has 0 radical (unpaired) electrons. The highest BCUT2D eigenvalue weighted by molar-refractivity contribution is 5.29. The van der Waals surface area contributed by atoms with Gasteiger partial charge in [0.25, 0.3) is 0 Å². The molecule has 1 atom stereocenters. The Morgan fingerprint density at radius 3 is 2.35 bits per heavy atom. The third-order valence-electron chi connectivity index (χ3n) is 3.85. The molecule has 17 heavy (non-hydrogen) atoms. The van der Waals surface area contributed by atoms with Crippen LogP contribution < -0.4 is 5.73 Å². The van der Waals surface area contributed by atoms with Crippen LogP contribution in [0.2, 0.25) is 0 Å². The van der Waals surface area contributed by atoms with E-state index in [0.29, 0.717) is 6.04 Å². The van der Waals surface area contributed by atoms with Gasteiger partial charge in [0.05, 0.1) is 0 Å². The lowest BCUT2D eigenvalue weighted by Gasteiger charge is -2.31. The van der Waals surface area contributed by atoms with Gasteiger partial charge in [-0.1, -0.05) is 37.1 Å². The first-order valence-electron chi connectivity index (χ1n) is 6.82. The second-order valence-electron chi connectivity index (χ2n) is 5.06. The Kier molecular flexibility index (Phi) is 4.57. The predicted octanol–water partition coefficient (Wildman–Crippen LogP) is 2.87. The summed E-state index contributed by atoms with van der Waals surface area (Å²) in [6.45, 7) is 5.33. The number of rotatable bonds is 3. The zero-order valence-corrected chi connectivity index (χ0v) is 10.9. The SMILES string of the molecule is Cc1ccccc1C(CN)N1CCCCCC1. The van der Waals surface area contributed by atoms with Crippen LogP contribution in [0.4, 0.5) is 0 Å². The first-order chi connectivity index (χ1) is 8.33. The van der Waals surface area contributed by atoms with E-state index in [1.807, 2.05) is 0 Å². The normalized spacial score (nSPS) is 19.9. The Morgan fingerprint density at radius 2 is 1.76 bits per heavy atom. The van der Waals surface area contributed by atoms with Gasteiger partial charge in [0.1, 0.15) is 0 Å². The molecule has 2 rings (SSSR count). The maximum atomic E-state index is 6.01. The Labute approximate surface area is 105 Å². The third kappa shape index (κ3) is 3.08. The molecule has 0 spiro atoms. The zero-order valence-electron chi connectivity index (χ0n) is 10.9. The summed E-state index contributed by atoms with van der Waals surface area (Å²) in [5.74, 6) is 0. The standard InChI is InChI=1S/C15H24N2/c1-13-8-4-5-9-14(13)15(12-16)17-10-6-2-3-7-11-17/h4-5,8-9,15H,2-3,6-7,10-12,16H2,1H3. The van der Waals surface area contributed by atoms with Crippen molar-refractivity contribution in [1.82, 2.24) is 4.90 Å². The molecule has 2 N–H and O–H groups in total. The first-order valence-corrected chi connectivity index (χ1v) is 6.82. The van der Waals surface area contributed by atoms with Crippen LogP contribution in [0.3, 0.4) is 0 Å². The van der Waals surface area contributed by atoms with Gasteiger partial charge in [-0.2, -0.15) is 0 Å². The van der Waals surface area contributed by atoms with E-state index < -0.39 is 0 Å². The predicted molar refractivity (Wildman–Crippen MR) is 73.0 cm³/mol. The number of aryl methyl sites for hydroxylation is 1. The van der Waals surface area contributed by atoms with Crippen LogP contribution >= 0.6 is 0 Å². The van der Waals surface area contributed by atoms with Crippen molar-refractivity contribution in [2.75, 3.05) is 19.6 Å². The molecule has 2 nitrogen and oxygen atoms in total. The molecule has 1 aromatic rings. The van der Waals surface area contributed by atoms with Crippen LogP contribution in [0, 0.1) is 6.92 Å². The monoisotopic (exact) mass is 232 g/mol. The summed E-state index contributed by atoms with van der Waals surface area (Å²) in [7, 11) is 0. The van der Waals surface area contributed by atoms with Crippen molar-refractivity contribution in [2.24, 2.45) is 5.73 Å². The highest BCUT2D eigenvalue weighted by Crippen LogP contribution is 2.25. The number of hydrogen-bond acceptors (Lipinski definition) is 2. The highest BCUT2D eigenvalue weighted by Gasteiger charge is 2.20. The number of benzene rings is 1. The van der Waals surface area contributed by atoms with E-state index in [1.165, 1.54) is 49.9 Å². The smallest absolute Gasteiger partial charge is 0.0473 e. The van der Waals surface area contributed by atoms with Crippen molar-refractivity contribution >= 4 is 0 Å². The summed E-state index contributed by atoms with van der Waals surface area (Å²) in [6, 6.07) is 9.07. The average Bonchev–Trinajstić information content (AvgIpc) is 2.62. The number of nitrogens with zero attached hydrogens (tertiary/aromatic N) is 1. The second kappa shape index (κ2) is 6.18. The van der Waals surface area contributed by atoms with Crippen LogP contribution in [0.5, 0.6) is 0 Å². The van der Waals surface area contributed by atoms with E-state index >= 15 is 0 Å². The van der Waals surface area contributed by atoms with Gasteiger partial charge in [-0.3, -0.25) is 4.90 Å². The lowest BCUT2D eigenvalue weighted by molar-refractivity contribution is 0.209. The van der Waals surface area contributed by atoms with Crippen molar-refractivity contribution in [3.05, 3.63) is 35.4 Å². The van der Waals surface area contributed by atoms with Gasteiger partial charge in [-0.05, 0) is 44.0 Å². The molecule has 1 heterocycles. The molecule has 0 amide bonds. The molecule has 0 saturated carbocycles. The Morgan fingerprint density at radius 1 is 1.12 bits per heavy atom. The molecule has 1 aliphatic heterocycles. The third-order valence-corrected chi connectivity index (χ3v) is 3.85. The molecule has 1 saturated heterocycles. The lowest BCUT2D eigenvalue weighted by atomic mass is 10.00. The Balaban J connectivity index is 2.17. The summed E-state index contributed by atoms with van der Waals surface area (Å²) in [4.78, 5) is 2.58. The van der Waals surface area contributed by atoms with Crippen molar-refractivity contribution in [1.29, 1.82) is 0 Å². The molecular weight excluding hydrogens is 208 g/mol. The minimum Gasteiger partial charge on any atom is -0.329 e. The molecule has 1 fully saturated rings. The van der Waals surface area contributed by atoms with Gasteiger partial charge < -0.3 is 5.73 Å². The molecule has 1 aliphatic rings. The van der Waals surface area contributed by atoms with Crippen molar-refractivity contribution in [2.45, 2.75) is 38.6 Å². The van der Waals surface area contributed by atoms with E-state index in [1.54, 1.807) is 0 Å². The topological polar surface area (TPSA) is 29.3 Å². The zero-order chi connectivity index (χ0) is 12.1. The van der Waals surface area contributed by atoms with Gasteiger partial charge in [-0.15, -0.1) is 0 Å². The summed E-state index contributed by atoms with van der Waals surface area (Å²) < 4.78 is 0. The number of likely N-dealkylation sites (tertiary alicyclic amines) is 1. The molecule has 1 unspecified atom stereocenters. The maximum Gasteiger partial charge on any atom is 0.0473 e. The molecule has 0 aliphatic carbocycles. The molecular formula is C15H24N2. The van der Waals surface area contributed by atoms with E-state index in [0.717, 1.165) is 6.54 Å². The number of hydrogen-bond donors (Lipinski definition) is 1. The van der Waals surface area contributed by atoms with Crippen LogP contribution in [0.1, 0.15) is 42.9 Å². The maximum absolute atomic E-state index is 6.01. The van der Waals surface area contributed by atoms with E-state index in [9.17, 15) is 0 Å². The quantitative estimate of drug-likeness (QED) is 0.868. The van der Waals surface area contributed by atoms with Crippen molar-refractivity contribution < 1.29 is 0 Å². The largest absolute Gasteiger partial charge is 0.329 e. The average molecular weight is 232 g/mol. The van der Waals surface area contributed by atoms with Gasteiger partial charge in [0.15, 0.2) is 0 Å². The van der Waals surface area contributed by atoms with Gasteiger partial charge in [-0.25, -0.2) is 0 Å². The molecule has 94 valence electrons. The second-order valence-corrected chi connectivity index (χ2v) is 5.06.